The Morgan fingerprint density at radius 3 is 2.60 bits per heavy atom. The minimum Gasteiger partial charge on any atom is -0.247 e. The third-order valence-electron chi connectivity index (χ3n) is 4.88. The van der Waals surface area contributed by atoms with Gasteiger partial charge in [-0.2, -0.15) is 0 Å². The van der Waals surface area contributed by atoms with Crippen LogP contribution in [0.3, 0.4) is 0 Å². The Balaban J connectivity index is 1.89. The third-order valence-corrected chi connectivity index (χ3v) is 6.23. The van der Waals surface area contributed by atoms with Gasteiger partial charge in [-0.3, -0.25) is 0 Å². The molecule has 0 saturated heterocycles. The predicted octanol–water partition coefficient (Wildman–Crippen LogP) is 6.10. The van der Waals surface area contributed by atoms with E-state index in [2.05, 4.69) is 75.4 Å². The number of hydrogen-bond donors (Lipinski definition) is 0. The Labute approximate surface area is 151 Å². The van der Waals surface area contributed by atoms with E-state index < -0.39 is 0 Å². The highest BCUT2D eigenvalue weighted by Gasteiger charge is 2.35. The van der Waals surface area contributed by atoms with E-state index >= 15 is 0 Å². The van der Waals surface area contributed by atoms with Crippen LogP contribution in [0.2, 0.25) is 0 Å². The molecule has 0 amide bonds. The number of benzene rings is 3. The van der Waals surface area contributed by atoms with Gasteiger partial charge in [-0.15, -0.1) is 11.8 Å². The fraction of sp³-hybridized carbons (Fsp3) is 0.182. The largest absolute Gasteiger partial charge is 0.247 e. The number of fused-ring (bicyclic) bond motifs is 6. The molecule has 0 radical (unpaired) electrons. The van der Waals surface area contributed by atoms with E-state index in [4.69, 9.17) is 9.97 Å². The monoisotopic (exact) mass is 342 g/mol. The molecular weight excluding hydrogens is 324 g/mol. The highest BCUT2D eigenvalue weighted by molar-refractivity contribution is 8.00. The molecule has 25 heavy (non-hydrogen) atoms. The lowest BCUT2D eigenvalue weighted by molar-refractivity contribution is 0.743. The second-order valence-electron chi connectivity index (χ2n) is 7.19. The van der Waals surface area contributed by atoms with Crippen molar-refractivity contribution in [2.45, 2.75) is 30.4 Å². The zero-order valence-corrected chi connectivity index (χ0v) is 15.3. The maximum atomic E-state index is 5.02. The van der Waals surface area contributed by atoms with Crippen molar-refractivity contribution in [2.75, 3.05) is 0 Å². The summed E-state index contributed by atoms with van der Waals surface area (Å²) >= 11 is 1.90. The maximum Gasteiger partial charge on any atom is 0.0951 e. The van der Waals surface area contributed by atoms with Gasteiger partial charge in [0.2, 0.25) is 0 Å². The van der Waals surface area contributed by atoms with Crippen molar-refractivity contribution < 1.29 is 0 Å². The van der Waals surface area contributed by atoms with Crippen LogP contribution in [0.4, 0.5) is 0 Å². The van der Waals surface area contributed by atoms with Crippen molar-refractivity contribution in [2.24, 2.45) is 0 Å². The molecular formula is C22H18N2S. The minimum atomic E-state index is -0.114. The van der Waals surface area contributed by atoms with Crippen LogP contribution in [-0.4, -0.2) is 9.97 Å². The first-order valence-corrected chi connectivity index (χ1v) is 9.35. The van der Waals surface area contributed by atoms with E-state index in [0.29, 0.717) is 0 Å². The van der Waals surface area contributed by atoms with Crippen molar-refractivity contribution in [3.05, 3.63) is 65.9 Å². The summed E-state index contributed by atoms with van der Waals surface area (Å²) in [6.45, 7) is 6.59. The molecule has 0 spiro atoms. The first-order valence-electron chi connectivity index (χ1n) is 8.53. The number of aromatic nitrogens is 2. The Morgan fingerprint density at radius 2 is 1.72 bits per heavy atom. The Bertz CT molecular complexity index is 1160. The first-order chi connectivity index (χ1) is 12.0. The van der Waals surface area contributed by atoms with E-state index in [1.54, 1.807) is 0 Å². The molecule has 1 aromatic heterocycles. The van der Waals surface area contributed by atoms with Crippen LogP contribution in [0.25, 0.3) is 33.1 Å². The second-order valence-corrected chi connectivity index (χ2v) is 8.82. The summed E-state index contributed by atoms with van der Waals surface area (Å²) in [5, 5.41) is 2.58. The van der Waals surface area contributed by atoms with E-state index in [-0.39, 0.29) is 4.75 Å². The average molecular weight is 342 g/mol. The molecule has 0 aliphatic carbocycles. The number of nitrogens with zero attached hydrogens (tertiary/aromatic N) is 2. The van der Waals surface area contributed by atoms with Gasteiger partial charge in [0.25, 0.3) is 0 Å². The van der Waals surface area contributed by atoms with Crippen LogP contribution in [0.1, 0.15) is 25.1 Å². The van der Waals surface area contributed by atoms with Crippen LogP contribution in [0, 0.1) is 6.92 Å². The molecule has 4 aromatic rings. The molecule has 0 bridgehead atoms. The van der Waals surface area contributed by atoms with Gasteiger partial charge in [0.15, 0.2) is 0 Å². The van der Waals surface area contributed by atoms with Gasteiger partial charge in [-0.25, -0.2) is 9.97 Å². The van der Waals surface area contributed by atoms with Crippen molar-refractivity contribution in [1.29, 1.82) is 0 Å². The lowest BCUT2D eigenvalue weighted by Gasteiger charge is -2.32. The van der Waals surface area contributed by atoms with Crippen LogP contribution in [0.5, 0.6) is 0 Å². The summed E-state index contributed by atoms with van der Waals surface area (Å²) in [5.41, 5.74) is 6.48. The number of aryl methyl sites for hydroxylation is 1. The lowest BCUT2D eigenvalue weighted by atomic mass is 9.97. The average Bonchev–Trinajstić information content (AvgIpc) is 2.60. The molecule has 0 saturated carbocycles. The van der Waals surface area contributed by atoms with E-state index in [9.17, 15) is 0 Å². The zero-order valence-electron chi connectivity index (χ0n) is 14.5. The topological polar surface area (TPSA) is 25.8 Å². The molecule has 1 aliphatic rings. The summed E-state index contributed by atoms with van der Waals surface area (Å²) < 4.78 is -0.114. The van der Waals surface area contributed by atoms with Gasteiger partial charge in [-0.1, -0.05) is 42.5 Å². The van der Waals surface area contributed by atoms with Crippen LogP contribution in [-0.2, 0) is 4.75 Å². The molecule has 3 aromatic carbocycles. The smallest absolute Gasteiger partial charge is 0.0951 e. The van der Waals surface area contributed by atoms with Gasteiger partial charge in [0.05, 0.1) is 27.2 Å². The van der Waals surface area contributed by atoms with Gasteiger partial charge >= 0.3 is 0 Å². The summed E-state index contributed by atoms with van der Waals surface area (Å²) in [4.78, 5) is 11.4. The molecule has 3 heteroatoms. The van der Waals surface area contributed by atoms with Gasteiger partial charge in [0.1, 0.15) is 0 Å². The summed E-state index contributed by atoms with van der Waals surface area (Å²) in [7, 11) is 0. The van der Waals surface area contributed by atoms with Crippen molar-refractivity contribution in [1.82, 2.24) is 9.97 Å². The quantitative estimate of drug-likeness (QED) is 0.386. The Morgan fingerprint density at radius 1 is 0.880 bits per heavy atom. The summed E-state index contributed by atoms with van der Waals surface area (Å²) in [6.07, 6.45) is 0. The summed E-state index contributed by atoms with van der Waals surface area (Å²) in [5.74, 6) is 0. The normalized spacial score (nSPS) is 15.2. The third kappa shape index (κ3) is 2.19. The van der Waals surface area contributed by atoms with Gasteiger partial charge in [-0.05, 0) is 49.2 Å². The minimum absolute atomic E-state index is 0.114. The molecule has 0 fully saturated rings. The van der Waals surface area contributed by atoms with Crippen LogP contribution >= 0.6 is 11.8 Å². The first kappa shape index (κ1) is 14.9. The number of rotatable bonds is 0. The second kappa shape index (κ2) is 5.06. The summed E-state index contributed by atoms with van der Waals surface area (Å²) in [6, 6.07) is 19.3. The van der Waals surface area contributed by atoms with Crippen LogP contribution in [0.15, 0.2) is 59.5 Å². The van der Waals surface area contributed by atoms with Crippen molar-refractivity contribution >= 4 is 33.6 Å². The number of hydrogen-bond acceptors (Lipinski definition) is 3. The fourth-order valence-corrected chi connectivity index (χ4v) is 4.93. The van der Waals surface area contributed by atoms with Crippen molar-refractivity contribution in [3.63, 3.8) is 0 Å². The maximum absolute atomic E-state index is 5.02. The van der Waals surface area contributed by atoms with Crippen molar-refractivity contribution in [3.8, 4) is 11.3 Å². The molecule has 1 aliphatic heterocycles. The SMILES string of the molecule is Cc1ccc2nc3c(nc2c1)C(C)(C)Sc1c-3ccc2ccccc12. The highest BCUT2D eigenvalue weighted by Crippen LogP contribution is 2.53. The number of thioether (sulfide) groups is 1. The highest BCUT2D eigenvalue weighted by atomic mass is 32.2. The molecule has 5 rings (SSSR count). The Hall–Kier alpha value is -2.39. The molecule has 0 unspecified atom stereocenters. The van der Waals surface area contributed by atoms with E-state index in [1.807, 2.05) is 11.8 Å². The molecule has 2 nitrogen and oxygen atoms in total. The van der Waals surface area contributed by atoms with E-state index in [1.165, 1.54) is 26.8 Å². The molecule has 2 heterocycles. The van der Waals surface area contributed by atoms with Gasteiger partial charge < -0.3 is 0 Å². The van der Waals surface area contributed by atoms with E-state index in [0.717, 1.165) is 22.4 Å². The standard InChI is InChI=1S/C22H18N2S/c1-13-8-11-17-18(12-13)24-21-19(23-17)16-10-9-14-6-4-5-7-15(14)20(16)25-22(21,2)3/h4-12H,1-3H3. The Kier molecular flexibility index (Phi) is 3.02. The predicted molar refractivity (Wildman–Crippen MR) is 106 cm³/mol. The molecule has 0 N–H and O–H groups in total. The fourth-order valence-electron chi connectivity index (χ4n) is 3.61. The van der Waals surface area contributed by atoms with Crippen LogP contribution < -0.4 is 0 Å². The molecule has 0 atom stereocenters. The lowest BCUT2D eigenvalue weighted by Crippen LogP contribution is -2.20. The zero-order chi connectivity index (χ0) is 17.2. The molecule has 122 valence electrons. The van der Waals surface area contributed by atoms with Gasteiger partial charge in [0, 0.05) is 10.5 Å².